The van der Waals surface area contributed by atoms with Crippen molar-refractivity contribution in [2.45, 2.75) is 5.92 Å². The van der Waals surface area contributed by atoms with Gasteiger partial charge in [-0.05, 0) is 17.7 Å². The van der Waals surface area contributed by atoms with Gasteiger partial charge in [0.1, 0.15) is 0 Å². The molecule has 1 N–H and O–H groups in total. The normalized spacial score (nSPS) is 12.1. The predicted molar refractivity (Wildman–Crippen MR) is 46.9 cm³/mol. The van der Waals surface area contributed by atoms with Crippen molar-refractivity contribution in [2.75, 3.05) is 6.61 Å². The molecule has 0 aliphatic carbocycles. The summed E-state index contributed by atoms with van der Waals surface area (Å²) in [6.07, 6.45) is 0. The molecular formula is C9H8ClNO. The second kappa shape index (κ2) is 4.10. The van der Waals surface area contributed by atoms with Crippen LogP contribution in [0.25, 0.3) is 0 Å². The number of nitrogens with zero attached hydrogens (tertiary/aromatic N) is 1. The summed E-state index contributed by atoms with van der Waals surface area (Å²) in [5.41, 5.74) is 0.796. The Morgan fingerprint density at radius 1 is 1.42 bits per heavy atom. The Morgan fingerprint density at radius 3 is 2.42 bits per heavy atom. The highest BCUT2D eigenvalue weighted by Crippen LogP contribution is 2.16. The third-order valence-corrected chi connectivity index (χ3v) is 1.86. The maximum atomic E-state index is 8.79. The van der Waals surface area contributed by atoms with Gasteiger partial charge in [-0.3, -0.25) is 0 Å². The maximum absolute atomic E-state index is 8.79. The monoisotopic (exact) mass is 181 g/mol. The summed E-state index contributed by atoms with van der Waals surface area (Å²) in [6.45, 7) is -0.155. The van der Waals surface area contributed by atoms with E-state index < -0.39 is 5.92 Å². The summed E-state index contributed by atoms with van der Waals surface area (Å²) < 4.78 is 0. The lowest BCUT2D eigenvalue weighted by atomic mass is 10.0. The van der Waals surface area contributed by atoms with Crippen molar-refractivity contribution < 1.29 is 5.11 Å². The zero-order valence-corrected chi connectivity index (χ0v) is 7.12. The van der Waals surface area contributed by atoms with Crippen LogP contribution in [0.5, 0.6) is 0 Å². The summed E-state index contributed by atoms with van der Waals surface area (Å²) in [4.78, 5) is 0. The first-order chi connectivity index (χ1) is 5.77. The van der Waals surface area contributed by atoms with Gasteiger partial charge < -0.3 is 5.11 Å². The van der Waals surface area contributed by atoms with E-state index in [1.165, 1.54) is 0 Å². The van der Waals surface area contributed by atoms with Gasteiger partial charge in [-0.15, -0.1) is 0 Å². The zero-order valence-electron chi connectivity index (χ0n) is 6.37. The molecule has 1 rings (SSSR count). The van der Waals surface area contributed by atoms with E-state index in [2.05, 4.69) is 0 Å². The van der Waals surface area contributed by atoms with Crippen LogP contribution in [0.2, 0.25) is 5.02 Å². The molecule has 0 aromatic heterocycles. The highest BCUT2D eigenvalue weighted by molar-refractivity contribution is 6.30. The van der Waals surface area contributed by atoms with Crippen molar-refractivity contribution in [2.24, 2.45) is 0 Å². The van der Waals surface area contributed by atoms with Crippen molar-refractivity contribution in [3.63, 3.8) is 0 Å². The number of benzene rings is 1. The Bertz CT molecular complexity index is 288. The number of halogens is 1. The van der Waals surface area contributed by atoms with E-state index in [0.717, 1.165) is 5.56 Å². The average Bonchev–Trinajstić information content (AvgIpc) is 2.10. The third kappa shape index (κ3) is 1.97. The van der Waals surface area contributed by atoms with Crippen LogP contribution in [0.3, 0.4) is 0 Å². The van der Waals surface area contributed by atoms with Crippen LogP contribution in [-0.4, -0.2) is 11.7 Å². The molecule has 0 fully saturated rings. The number of nitriles is 1. The van der Waals surface area contributed by atoms with Gasteiger partial charge in [-0.25, -0.2) is 0 Å². The molecule has 1 aromatic rings. The first kappa shape index (κ1) is 9.05. The fourth-order valence-electron chi connectivity index (χ4n) is 0.916. The maximum Gasteiger partial charge on any atom is 0.0943 e. The smallest absolute Gasteiger partial charge is 0.0943 e. The molecule has 0 spiro atoms. The topological polar surface area (TPSA) is 44.0 Å². The molecule has 0 bridgehead atoms. The van der Waals surface area contributed by atoms with E-state index in [9.17, 15) is 0 Å². The Labute approximate surface area is 76.0 Å². The van der Waals surface area contributed by atoms with Gasteiger partial charge in [-0.1, -0.05) is 23.7 Å². The zero-order chi connectivity index (χ0) is 8.97. The number of hydrogen-bond donors (Lipinski definition) is 1. The molecule has 0 aliphatic rings. The molecule has 0 heterocycles. The summed E-state index contributed by atoms with van der Waals surface area (Å²) in [7, 11) is 0. The molecule has 0 radical (unpaired) electrons. The Hall–Kier alpha value is -1.04. The van der Waals surface area contributed by atoms with E-state index in [0.29, 0.717) is 5.02 Å². The van der Waals surface area contributed by atoms with E-state index in [1.807, 2.05) is 6.07 Å². The van der Waals surface area contributed by atoms with Crippen molar-refractivity contribution in [3.8, 4) is 6.07 Å². The van der Waals surface area contributed by atoms with Crippen LogP contribution in [0.1, 0.15) is 11.5 Å². The van der Waals surface area contributed by atoms with Gasteiger partial charge in [0, 0.05) is 5.02 Å². The number of aliphatic hydroxyl groups excluding tert-OH is 1. The minimum atomic E-state index is -0.442. The molecule has 0 saturated heterocycles. The van der Waals surface area contributed by atoms with E-state index in [1.54, 1.807) is 24.3 Å². The molecule has 0 unspecified atom stereocenters. The first-order valence-electron chi connectivity index (χ1n) is 3.54. The predicted octanol–water partition coefficient (Wildman–Crippen LogP) is 1.94. The van der Waals surface area contributed by atoms with Crippen molar-refractivity contribution >= 4 is 11.6 Å². The van der Waals surface area contributed by atoms with Crippen LogP contribution in [0, 0.1) is 11.3 Å². The highest BCUT2D eigenvalue weighted by Gasteiger charge is 2.07. The quantitative estimate of drug-likeness (QED) is 0.758. The fourth-order valence-corrected chi connectivity index (χ4v) is 1.04. The molecule has 3 heteroatoms. The van der Waals surface area contributed by atoms with Crippen molar-refractivity contribution in [3.05, 3.63) is 34.9 Å². The lowest BCUT2D eigenvalue weighted by Gasteiger charge is -2.04. The SMILES string of the molecule is N#C[C@@H](CO)c1ccc(Cl)cc1. The van der Waals surface area contributed by atoms with Crippen molar-refractivity contribution in [1.82, 2.24) is 0 Å². The van der Waals surface area contributed by atoms with Gasteiger partial charge in [0.2, 0.25) is 0 Å². The third-order valence-electron chi connectivity index (χ3n) is 1.61. The molecule has 12 heavy (non-hydrogen) atoms. The Kier molecular flexibility index (Phi) is 3.09. The molecule has 0 amide bonds. The van der Waals surface area contributed by atoms with Gasteiger partial charge in [0.05, 0.1) is 18.6 Å². The minimum Gasteiger partial charge on any atom is -0.395 e. The lowest BCUT2D eigenvalue weighted by Crippen LogP contribution is -2.00. The van der Waals surface area contributed by atoms with Crippen LogP contribution in [-0.2, 0) is 0 Å². The summed E-state index contributed by atoms with van der Waals surface area (Å²) in [5, 5.41) is 18.0. The molecule has 2 nitrogen and oxygen atoms in total. The van der Waals surface area contributed by atoms with Gasteiger partial charge in [-0.2, -0.15) is 5.26 Å². The first-order valence-corrected chi connectivity index (χ1v) is 3.91. The molecule has 1 atom stereocenters. The number of aliphatic hydroxyl groups is 1. The van der Waals surface area contributed by atoms with E-state index in [4.69, 9.17) is 22.0 Å². The van der Waals surface area contributed by atoms with Crippen LogP contribution in [0.15, 0.2) is 24.3 Å². The van der Waals surface area contributed by atoms with E-state index in [-0.39, 0.29) is 6.61 Å². The highest BCUT2D eigenvalue weighted by atomic mass is 35.5. The van der Waals surface area contributed by atoms with E-state index >= 15 is 0 Å². The summed E-state index contributed by atoms with van der Waals surface area (Å²) in [6, 6.07) is 8.89. The summed E-state index contributed by atoms with van der Waals surface area (Å²) in [5.74, 6) is -0.442. The molecular weight excluding hydrogens is 174 g/mol. The number of hydrogen-bond acceptors (Lipinski definition) is 2. The second-order valence-corrected chi connectivity index (χ2v) is 2.85. The van der Waals surface area contributed by atoms with Crippen molar-refractivity contribution in [1.29, 1.82) is 5.26 Å². The van der Waals surface area contributed by atoms with Crippen LogP contribution in [0.4, 0.5) is 0 Å². The summed E-state index contributed by atoms with van der Waals surface area (Å²) >= 11 is 5.66. The second-order valence-electron chi connectivity index (χ2n) is 2.42. The minimum absolute atomic E-state index is 0.155. The average molecular weight is 182 g/mol. The van der Waals surface area contributed by atoms with Gasteiger partial charge >= 0.3 is 0 Å². The van der Waals surface area contributed by atoms with Crippen LogP contribution >= 0.6 is 11.6 Å². The Balaban J connectivity index is 2.89. The molecule has 1 aromatic carbocycles. The molecule has 0 saturated carbocycles. The Morgan fingerprint density at radius 2 is 2.00 bits per heavy atom. The van der Waals surface area contributed by atoms with Gasteiger partial charge in [0.25, 0.3) is 0 Å². The lowest BCUT2D eigenvalue weighted by molar-refractivity contribution is 0.286. The van der Waals surface area contributed by atoms with Crippen LogP contribution < -0.4 is 0 Å². The van der Waals surface area contributed by atoms with Gasteiger partial charge in [0.15, 0.2) is 0 Å². The largest absolute Gasteiger partial charge is 0.395 e. The molecule has 62 valence electrons. The fraction of sp³-hybridized carbons (Fsp3) is 0.222. The molecule has 0 aliphatic heterocycles. The number of rotatable bonds is 2. The standard InChI is InChI=1S/C9H8ClNO/c10-9-3-1-7(2-4-9)8(5-11)6-12/h1-4,8,12H,6H2/t8-/m0/s1.